The van der Waals surface area contributed by atoms with Crippen molar-refractivity contribution in [2.24, 2.45) is 5.10 Å². The highest BCUT2D eigenvalue weighted by Gasteiger charge is 2.51. The van der Waals surface area contributed by atoms with Crippen LogP contribution in [-0.2, 0) is 0 Å². The van der Waals surface area contributed by atoms with Gasteiger partial charge >= 0.3 is 0 Å². The number of piperidine rings is 1. The highest BCUT2D eigenvalue weighted by atomic mass is 35.5. The largest absolute Gasteiger partial charge is 0.466 e. The monoisotopic (exact) mass is 381 g/mol. The standard InChI is InChI=1S/C22H24ClN3O/c1-15-4-3-5-18-20-14-19(16-6-8-17(23)9-7-16)24-26(20)22(27-21(15)18)10-12-25(2)13-11-22/h3-9,20H,10-14H2,1-2H3. The van der Waals surface area contributed by atoms with Crippen LogP contribution >= 0.6 is 11.6 Å². The Morgan fingerprint density at radius 3 is 2.59 bits per heavy atom. The fourth-order valence-corrected chi connectivity index (χ4v) is 4.68. The number of fused-ring (bicyclic) bond motifs is 4. The van der Waals surface area contributed by atoms with Gasteiger partial charge in [-0.05, 0) is 37.2 Å². The Balaban J connectivity index is 1.59. The minimum atomic E-state index is -0.343. The quantitative estimate of drug-likeness (QED) is 0.721. The molecule has 3 aliphatic heterocycles. The van der Waals surface area contributed by atoms with Crippen molar-refractivity contribution in [2.45, 2.75) is 38.0 Å². The molecule has 1 atom stereocenters. The van der Waals surface area contributed by atoms with Crippen molar-refractivity contribution in [3.63, 3.8) is 0 Å². The number of ether oxygens (including phenoxy) is 1. The molecule has 0 radical (unpaired) electrons. The van der Waals surface area contributed by atoms with E-state index in [0.717, 1.165) is 54.4 Å². The molecule has 5 heteroatoms. The van der Waals surface area contributed by atoms with Crippen molar-refractivity contribution < 1.29 is 4.74 Å². The van der Waals surface area contributed by atoms with E-state index in [1.165, 1.54) is 11.1 Å². The van der Waals surface area contributed by atoms with Crippen molar-refractivity contribution in [3.8, 4) is 5.75 Å². The molecule has 0 aliphatic carbocycles. The average Bonchev–Trinajstić information content (AvgIpc) is 3.12. The van der Waals surface area contributed by atoms with Gasteiger partial charge in [-0.15, -0.1) is 0 Å². The minimum absolute atomic E-state index is 0.239. The number of benzene rings is 2. The molecule has 0 bridgehead atoms. The van der Waals surface area contributed by atoms with E-state index >= 15 is 0 Å². The molecular weight excluding hydrogens is 358 g/mol. The van der Waals surface area contributed by atoms with Crippen LogP contribution in [-0.4, -0.2) is 41.5 Å². The number of rotatable bonds is 1. The molecule has 0 aromatic heterocycles. The second-order valence-corrected chi connectivity index (χ2v) is 8.40. The Kier molecular flexibility index (Phi) is 3.95. The number of likely N-dealkylation sites (tertiary alicyclic amines) is 1. The topological polar surface area (TPSA) is 28.1 Å². The molecule has 27 heavy (non-hydrogen) atoms. The lowest BCUT2D eigenvalue weighted by atomic mass is 9.90. The summed E-state index contributed by atoms with van der Waals surface area (Å²) >= 11 is 6.08. The van der Waals surface area contributed by atoms with E-state index in [2.05, 4.69) is 54.2 Å². The second kappa shape index (κ2) is 6.25. The Morgan fingerprint density at radius 2 is 1.85 bits per heavy atom. The molecule has 0 saturated carbocycles. The molecule has 1 fully saturated rings. The molecule has 4 nitrogen and oxygen atoms in total. The van der Waals surface area contributed by atoms with Crippen LogP contribution in [0.2, 0.25) is 5.02 Å². The molecule has 0 N–H and O–H groups in total. The fourth-order valence-electron chi connectivity index (χ4n) is 4.56. The summed E-state index contributed by atoms with van der Waals surface area (Å²) in [6, 6.07) is 14.7. The summed E-state index contributed by atoms with van der Waals surface area (Å²) in [5.41, 5.74) is 4.39. The van der Waals surface area contributed by atoms with E-state index in [1.807, 2.05) is 12.1 Å². The van der Waals surface area contributed by atoms with E-state index in [9.17, 15) is 0 Å². The molecule has 2 aromatic carbocycles. The van der Waals surface area contributed by atoms with Crippen molar-refractivity contribution >= 4 is 17.3 Å². The first-order valence-electron chi connectivity index (χ1n) is 9.66. The molecule has 2 aromatic rings. The lowest BCUT2D eigenvalue weighted by Gasteiger charge is -2.51. The van der Waals surface area contributed by atoms with E-state index in [4.69, 9.17) is 21.4 Å². The van der Waals surface area contributed by atoms with Gasteiger partial charge in [0.15, 0.2) is 0 Å². The Bertz CT molecular complexity index is 900. The lowest BCUT2D eigenvalue weighted by Crippen LogP contribution is -2.58. The van der Waals surface area contributed by atoms with Crippen molar-refractivity contribution in [1.82, 2.24) is 9.91 Å². The molecule has 140 valence electrons. The highest BCUT2D eigenvalue weighted by Crippen LogP contribution is 2.50. The van der Waals surface area contributed by atoms with Gasteiger partial charge in [0.1, 0.15) is 5.75 Å². The normalized spacial score (nSPS) is 23.6. The smallest absolute Gasteiger partial charge is 0.200 e. The maximum Gasteiger partial charge on any atom is 0.200 e. The summed E-state index contributed by atoms with van der Waals surface area (Å²) in [5, 5.41) is 8.13. The lowest BCUT2D eigenvalue weighted by molar-refractivity contribution is -0.148. The third kappa shape index (κ3) is 2.74. The maximum absolute atomic E-state index is 6.73. The average molecular weight is 382 g/mol. The summed E-state index contributed by atoms with van der Waals surface area (Å²) in [5.74, 6) is 1.07. The van der Waals surface area contributed by atoms with Crippen LogP contribution < -0.4 is 4.74 Å². The first-order valence-corrected chi connectivity index (χ1v) is 10.0. The first kappa shape index (κ1) is 17.1. The molecular formula is C22H24ClN3O. The zero-order valence-corrected chi connectivity index (χ0v) is 16.5. The number of aryl methyl sites for hydroxylation is 1. The van der Waals surface area contributed by atoms with Gasteiger partial charge in [0.2, 0.25) is 5.72 Å². The number of para-hydroxylation sites is 1. The van der Waals surface area contributed by atoms with Gasteiger partial charge in [0, 0.05) is 42.9 Å². The molecule has 5 rings (SSSR count). The molecule has 1 spiro atoms. The zero-order chi connectivity index (χ0) is 18.6. The maximum atomic E-state index is 6.73. The first-order chi connectivity index (χ1) is 13.1. The summed E-state index contributed by atoms with van der Waals surface area (Å²) in [4.78, 5) is 2.37. The van der Waals surface area contributed by atoms with Gasteiger partial charge in [-0.3, -0.25) is 0 Å². The zero-order valence-electron chi connectivity index (χ0n) is 15.8. The van der Waals surface area contributed by atoms with Crippen LogP contribution in [0.4, 0.5) is 0 Å². The number of hydrogen-bond donors (Lipinski definition) is 0. The van der Waals surface area contributed by atoms with Crippen LogP contribution in [0.3, 0.4) is 0 Å². The van der Waals surface area contributed by atoms with E-state index in [0.29, 0.717) is 0 Å². The Hall–Kier alpha value is -2.04. The van der Waals surface area contributed by atoms with Crippen molar-refractivity contribution in [1.29, 1.82) is 0 Å². The van der Waals surface area contributed by atoms with E-state index < -0.39 is 0 Å². The molecule has 3 aliphatic rings. The van der Waals surface area contributed by atoms with Crippen molar-refractivity contribution in [2.75, 3.05) is 20.1 Å². The van der Waals surface area contributed by atoms with Gasteiger partial charge in [0.05, 0.1) is 11.8 Å². The summed E-state index contributed by atoms with van der Waals surface area (Å²) in [6.07, 6.45) is 2.83. The number of hydrazone groups is 1. The minimum Gasteiger partial charge on any atom is -0.466 e. The molecule has 1 saturated heterocycles. The molecule has 0 amide bonds. The Morgan fingerprint density at radius 1 is 1.11 bits per heavy atom. The number of halogens is 1. The van der Waals surface area contributed by atoms with Gasteiger partial charge < -0.3 is 9.64 Å². The fraction of sp³-hybridized carbons (Fsp3) is 0.409. The van der Waals surface area contributed by atoms with Crippen LogP contribution in [0.25, 0.3) is 0 Å². The Labute approximate surface area is 165 Å². The van der Waals surface area contributed by atoms with Crippen LogP contribution in [0.15, 0.2) is 47.6 Å². The predicted octanol–water partition coefficient (Wildman–Crippen LogP) is 4.61. The van der Waals surface area contributed by atoms with E-state index in [-0.39, 0.29) is 11.8 Å². The molecule has 1 unspecified atom stereocenters. The van der Waals surface area contributed by atoms with Gasteiger partial charge in [-0.25, -0.2) is 5.01 Å². The van der Waals surface area contributed by atoms with Gasteiger partial charge in [0.25, 0.3) is 0 Å². The highest BCUT2D eigenvalue weighted by molar-refractivity contribution is 6.30. The third-order valence-electron chi connectivity index (χ3n) is 6.17. The third-order valence-corrected chi connectivity index (χ3v) is 6.42. The van der Waals surface area contributed by atoms with Crippen LogP contribution in [0, 0.1) is 6.92 Å². The second-order valence-electron chi connectivity index (χ2n) is 7.96. The molecule has 3 heterocycles. The summed E-state index contributed by atoms with van der Waals surface area (Å²) in [6.45, 7) is 4.19. The predicted molar refractivity (Wildman–Crippen MR) is 108 cm³/mol. The summed E-state index contributed by atoms with van der Waals surface area (Å²) < 4.78 is 6.73. The van der Waals surface area contributed by atoms with E-state index in [1.54, 1.807) is 0 Å². The van der Waals surface area contributed by atoms with Crippen LogP contribution in [0.1, 0.15) is 42.0 Å². The van der Waals surface area contributed by atoms with Gasteiger partial charge in [-0.1, -0.05) is 41.9 Å². The van der Waals surface area contributed by atoms with Gasteiger partial charge in [-0.2, -0.15) is 5.10 Å². The van der Waals surface area contributed by atoms with Crippen molar-refractivity contribution in [3.05, 3.63) is 64.2 Å². The summed E-state index contributed by atoms with van der Waals surface area (Å²) in [7, 11) is 2.18. The SMILES string of the molecule is Cc1cccc2c1OC1(CCN(C)CC1)N1N=C(c3ccc(Cl)cc3)CC21. The van der Waals surface area contributed by atoms with Crippen LogP contribution in [0.5, 0.6) is 5.75 Å². The number of nitrogens with zero attached hydrogens (tertiary/aromatic N) is 3. The number of hydrogen-bond acceptors (Lipinski definition) is 4.